The fourth-order valence-corrected chi connectivity index (χ4v) is 2.84. The lowest BCUT2D eigenvalue weighted by Gasteiger charge is -2.28. The third-order valence-electron chi connectivity index (χ3n) is 4.01. The van der Waals surface area contributed by atoms with E-state index in [2.05, 4.69) is 19.2 Å². The molecule has 0 spiro atoms. The molecule has 0 aliphatic heterocycles. The summed E-state index contributed by atoms with van der Waals surface area (Å²) in [7, 11) is 0. The molecule has 2 unspecified atom stereocenters. The van der Waals surface area contributed by atoms with Gasteiger partial charge in [-0.15, -0.1) is 0 Å². The number of carbonyl (C=O) groups excluding carboxylic acids is 1. The summed E-state index contributed by atoms with van der Waals surface area (Å²) >= 11 is 0. The smallest absolute Gasteiger partial charge is 0.223 e. The van der Waals surface area contributed by atoms with Crippen LogP contribution in [0.5, 0.6) is 0 Å². The second-order valence-corrected chi connectivity index (χ2v) is 6.40. The Labute approximate surface area is 105 Å². The first kappa shape index (κ1) is 14.5. The van der Waals surface area contributed by atoms with Gasteiger partial charge in [-0.05, 0) is 31.6 Å². The average molecular weight is 241 g/mol. The van der Waals surface area contributed by atoms with Crippen molar-refractivity contribution in [1.29, 1.82) is 0 Å². The molecule has 0 saturated heterocycles. The van der Waals surface area contributed by atoms with Gasteiger partial charge in [0, 0.05) is 12.5 Å². The van der Waals surface area contributed by atoms with Crippen molar-refractivity contribution < 1.29 is 9.90 Å². The molecule has 17 heavy (non-hydrogen) atoms. The standard InChI is InChI=1S/C14H27NO2/c1-5-8-14(4,17)10-15-12(16)11-7-6-9-13(11,2)3/h11,17H,5-10H2,1-4H3,(H,15,16). The van der Waals surface area contributed by atoms with Crippen LogP contribution in [-0.4, -0.2) is 23.2 Å². The maximum absolute atomic E-state index is 12.1. The van der Waals surface area contributed by atoms with Gasteiger partial charge in [0.2, 0.25) is 5.91 Å². The summed E-state index contributed by atoms with van der Waals surface area (Å²) < 4.78 is 0. The molecule has 1 fully saturated rings. The molecule has 2 atom stereocenters. The number of nitrogens with one attached hydrogen (secondary N) is 1. The fraction of sp³-hybridized carbons (Fsp3) is 0.929. The Morgan fingerprint density at radius 3 is 2.65 bits per heavy atom. The Morgan fingerprint density at radius 1 is 1.53 bits per heavy atom. The topological polar surface area (TPSA) is 49.3 Å². The molecular formula is C14H27NO2. The van der Waals surface area contributed by atoms with Gasteiger partial charge in [0.15, 0.2) is 0 Å². The van der Waals surface area contributed by atoms with Gasteiger partial charge >= 0.3 is 0 Å². The lowest BCUT2D eigenvalue weighted by molar-refractivity contribution is -0.128. The normalized spacial score (nSPS) is 26.5. The zero-order chi connectivity index (χ0) is 13.1. The lowest BCUT2D eigenvalue weighted by atomic mass is 9.81. The second kappa shape index (κ2) is 5.38. The number of carbonyl (C=O) groups is 1. The van der Waals surface area contributed by atoms with Gasteiger partial charge in [-0.25, -0.2) is 0 Å². The van der Waals surface area contributed by atoms with Crippen molar-refractivity contribution >= 4 is 5.91 Å². The van der Waals surface area contributed by atoms with E-state index in [1.54, 1.807) is 6.92 Å². The van der Waals surface area contributed by atoms with Gasteiger partial charge in [-0.1, -0.05) is 33.6 Å². The van der Waals surface area contributed by atoms with Crippen molar-refractivity contribution in [3.05, 3.63) is 0 Å². The third kappa shape index (κ3) is 3.98. The van der Waals surface area contributed by atoms with E-state index in [0.29, 0.717) is 6.54 Å². The number of amides is 1. The zero-order valence-corrected chi connectivity index (χ0v) is 11.7. The van der Waals surface area contributed by atoms with E-state index in [1.165, 1.54) is 0 Å². The van der Waals surface area contributed by atoms with Crippen LogP contribution in [0.25, 0.3) is 0 Å². The second-order valence-electron chi connectivity index (χ2n) is 6.40. The van der Waals surface area contributed by atoms with E-state index in [-0.39, 0.29) is 17.2 Å². The third-order valence-corrected chi connectivity index (χ3v) is 4.01. The quantitative estimate of drug-likeness (QED) is 0.777. The van der Waals surface area contributed by atoms with Gasteiger partial charge in [-0.3, -0.25) is 4.79 Å². The summed E-state index contributed by atoms with van der Waals surface area (Å²) in [5.74, 6) is 0.226. The number of aliphatic hydroxyl groups is 1. The van der Waals surface area contributed by atoms with Crippen LogP contribution in [-0.2, 0) is 4.79 Å². The van der Waals surface area contributed by atoms with E-state index in [1.807, 2.05) is 6.92 Å². The molecule has 1 saturated carbocycles. The van der Waals surface area contributed by atoms with Crippen LogP contribution in [0, 0.1) is 11.3 Å². The molecule has 3 nitrogen and oxygen atoms in total. The highest BCUT2D eigenvalue weighted by Crippen LogP contribution is 2.42. The molecule has 100 valence electrons. The van der Waals surface area contributed by atoms with E-state index in [0.717, 1.165) is 32.1 Å². The molecule has 1 aliphatic carbocycles. The molecule has 1 amide bonds. The van der Waals surface area contributed by atoms with Crippen molar-refractivity contribution in [3.63, 3.8) is 0 Å². The highest BCUT2D eigenvalue weighted by Gasteiger charge is 2.39. The average Bonchev–Trinajstić information content (AvgIpc) is 2.55. The monoisotopic (exact) mass is 241 g/mol. The van der Waals surface area contributed by atoms with E-state index in [4.69, 9.17) is 0 Å². The van der Waals surface area contributed by atoms with Gasteiger partial charge in [0.25, 0.3) is 0 Å². The van der Waals surface area contributed by atoms with E-state index < -0.39 is 5.60 Å². The number of rotatable bonds is 5. The Balaban J connectivity index is 2.45. The molecule has 0 aromatic rings. The van der Waals surface area contributed by atoms with Crippen LogP contribution in [0.3, 0.4) is 0 Å². The predicted octanol–water partition coefficient (Wildman–Crippen LogP) is 2.48. The Hall–Kier alpha value is -0.570. The first-order valence-corrected chi connectivity index (χ1v) is 6.78. The summed E-state index contributed by atoms with van der Waals surface area (Å²) in [5, 5.41) is 12.9. The van der Waals surface area contributed by atoms with Crippen molar-refractivity contribution in [3.8, 4) is 0 Å². The van der Waals surface area contributed by atoms with Gasteiger partial charge < -0.3 is 10.4 Å². The Morgan fingerprint density at radius 2 is 2.18 bits per heavy atom. The van der Waals surface area contributed by atoms with Gasteiger partial charge in [0.05, 0.1) is 5.60 Å². The van der Waals surface area contributed by atoms with Gasteiger partial charge in [-0.2, -0.15) is 0 Å². The molecular weight excluding hydrogens is 214 g/mol. The lowest BCUT2D eigenvalue weighted by Crippen LogP contribution is -2.44. The minimum atomic E-state index is -0.771. The molecule has 2 N–H and O–H groups in total. The Kier molecular flexibility index (Phi) is 4.59. The highest BCUT2D eigenvalue weighted by molar-refractivity contribution is 5.79. The van der Waals surface area contributed by atoms with Crippen LogP contribution >= 0.6 is 0 Å². The number of hydrogen-bond acceptors (Lipinski definition) is 2. The van der Waals surface area contributed by atoms with Crippen LogP contribution in [0.15, 0.2) is 0 Å². The first-order chi connectivity index (χ1) is 7.78. The van der Waals surface area contributed by atoms with Crippen LogP contribution in [0.4, 0.5) is 0 Å². The maximum Gasteiger partial charge on any atom is 0.223 e. The summed E-state index contributed by atoms with van der Waals surface area (Å²) in [5.41, 5.74) is -0.659. The van der Waals surface area contributed by atoms with E-state index in [9.17, 15) is 9.90 Å². The van der Waals surface area contributed by atoms with Crippen molar-refractivity contribution in [2.24, 2.45) is 11.3 Å². The summed E-state index contributed by atoms with van der Waals surface area (Å²) in [6.45, 7) is 8.52. The predicted molar refractivity (Wildman–Crippen MR) is 69.7 cm³/mol. The number of hydrogen-bond donors (Lipinski definition) is 2. The molecule has 1 aliphatic rings. The molecule has 3 heteroatoms. The van der Waals surface area contributed by atoms with Gasteiger partial charge in [0.1, 0.15) is 0 Å². The molecule has 0 heterocycles. The highest BCUT2D eigenvalue weighted by atomic mass is 16.3. The molecule has 1 rings (SSSR count). The Bertz CT molecular complexity index is 271. The van der Waals surface area contributed by atoms with Crippen LogP contribution in [0.2, 0.25) is 0 Å². The minimum Gasteiger partial charge on any atom is -0.388 e. The van der Waals surface area contributed by atoms with Crippen molar-refractivity contribution in [2.75, 3.05) is 6.54 Å². The van der Waals surface area contributed by atoms with Crippen LogP contribution < -0.4 is 5.32 Å². The molecule has 0 radical (unpaired) electrons. The molecule has 0 aromatic heterocycles. The SMILES string of the molecule is CCCC(C)(O)CNC(=O)C1CCCC1(C)C. The molecule has 0 aromatic carbocycles. The summed E-state index contributed by atoms with van der Waals surface area (Å²) in [4.78, 5) is 12.1. The fourth-order valence-electron chi connectivity index (χ4n) is 2.84. The molecule has 0 bridgehead atoms. The summed E-state index contributed by atoms with van der Waals surface area (Å²) in [6.07, 6.45) is 4.89. The summed E-state index contributed by atoms with van der Waals surface area (Å²) in [6, 6.07) is 0. The first-order valence-electron chi connectivity index (χ1n) is 6.78. The van der Waals surface area contributed by atoms with Crippen molar-refractivity contribution in [1.82, 2.24) is 5.32 Å². The maximum atomic E-state index is 12.1. The largest absolute Gasteiger partial charge is 0.388 e. The van der Waals surface area contributed by atoms with Crippen LogP contribution in [0.1, 0.15) is 59.8 Å². The van der Waals surface area contributed by atoms with E-state index >= 15 is 0 Å². The minimum absolute atomic E-state index is 0.111. The zero-order valence-electron chi connectivity index (χ0n) is 11.7. The van der Waals surface area contributed by atoms with Crippen molar-refractivity contribution in [2.45, 2.75) is 65.4 Å².